The molecule has 1 N–H and O–H groups in total. The van der Waals surface area contributed by atoms with Crippen LogP contribution in [0.3, 0.4) is 0 Å². The summed E-state index contributed by atoms with van der Waals surface area (Å²) in [6, 6.07) is 11.0. The van der Waals surface area contributed by atoms with E-state index in [0.717, 1.165) is 0 Å². The van der Waals surface area contributed by atoms with Gasteiger partial charge in [-0.15, -0.1) is 0 Å². The van der Waals surface area contributed by atoms with Gasteiger partial charge in [0, 0.05) is 22.0 Å². The Labute approximate surface area is 228 Å². The SMILES string of the molecule is C[C@]1(CC(=O)O)C[C@H](c2cccc(Cl)c2)[C@@H](c2ccc(Cl)cc2)N([C@H](CS(=O)(=O)C(F)(F)F)C2CC2)C1=O. The van der Waals surface area contributed by atoms with Crippen molar-refractivity contribution in [1.29, 1.82) is 0 Å². The second-order valence-corrected chi connectivity index (χ2v) is 13.2. The van der Waals surface area contributed by atoms with E-state index in [0.29, 0.717) is 34.0 Å². The van der Waals surface area contributed by atoms with E-state index in [4.69, 9.17) is 23.2 Å². The van der Waals surface area contributed by atoms with Crippen molar-refractivity contribution in [2.24, 2.45) is 11.3 Å². The van der Waals surface area contributed by atoms with E-state index in [1.54, 1.807) is 48.5 Å². The Balaban J connectivity index is 1.94. The molecule has 1 saturated heterocycles. The average Bonchev–Trinajstić information content (AvgIpc) is 3.64. The van der Waals surface area contributed by atoms with Gasteiger partial charge >= 0.3 is 11.5 Å². The number of nitrogens with zero attached hydrogens (tertiary/aromatic N) is 1. The Kier molecular flexibility index (Phi) is 7.82. The summed E-state index contributed by atoms with van der Waals surface area (Å²) in [7, 11) is -5.59. The molecule has 0 radical (unpaired) electrons. The zero-order valence-corrected chi connectivity index (χ0v) is 22.6. The lowest BCUT2D eigenvalue weighted by Gasteiger charge is -2.52. The molecule has 2 aliphatic rings. The Morgan fingerprint density at radius 2 is 1.74 bits per heavy atom. The summed E-state index contributed by atoms with van der Waals surface area (Å²) < 4.78 is 65.3. The summed E-state index contributed by atoms with van der Waals surface area (Å²) in [5.74, 6) is -4.30. The highest BCUT2D eigenvalue weighted by atomic mass is 35.5. The number of carbonyl (C=O) groups excluding carboxylic acids is 1. The number of hydrogen-bond donors (Lipinski definition) is 1. The lowest BCUT2D eigenvalue weighted by Crippen LogP contribution is -2.58. The molecule has 2 aromatic carbocycles. The molecule has 12 heteroatoms. The summed E-state index contributed by atoms with van der Waals surface area (Å²) >= 11 is 12.3. The number of amides is 1. The monoisotopic (exact) mass is 591 g/mol. The van der Waals surface area contributed by atoms with Gasteiger partial charge in [0.05, 0.1) is 23.6 Å². The maximum absolute atomic E-state index is 14.1. The first-order valence-electron chi connectivity index (χ1n) is 12.0. The normalized spacial score (nSPS) is 25.3. The van der Waals surface area contributed by atoms with E-state index >= 15 is 0 Å². The van der Waals surface area contributed by atoms with Gasteiger partial charge in [-0.1, -0.05) is 54.4 Å². The third-order valence-corrected chi connectivity index (χ3v) is 9.37. The second kappa shape index (κ2) is 10.4. The van der Waals surface area contributed by atoms with Crippen molar-refractivity contribution in [2.75, 3.05) is 5.75 Å². The largest absolute Gasteiger partial charge is 0.497 e. The minimum atomic E-state index is -5.59. The predicted octanol–water partition coefficient (Wildman–Crippen LogP) is 6.24. The summed E-state index contributed by atoms with van der Waals surface area (Å²) in [4.78, 5) is 27.2. The molecular weight excluding hydrogens is 566 g/mol. The number of piperidine rings is 1. The van der Waals surface area contributed by atoms with Crippen LogP contribution in [0.25, 0.3) is 0 Å². The summed E-state index contributed by atoms with van der Waals surface area (Å²) in [5, 5.41) is 10.4. The maximum atomic E-state index is 14.1. The molecule has 1 aliphatic carbocycles. The van der Waals surface area contributed by atoms with Crippen molar-refractivity contribution in [1.82, 2.24) is 4.90 Å². The average molecular weight is 592 g/mol. The van der Waals surface area contributed by atoms with Crippen molar-refractivity contribution >= 4 is 44.9 Å². The van der Waals surface area contributed by atoms with Crippen LogP contribution in [0.15, 0.2) is 48.5 Å². The molecule has 1 saturated carbocycles. The van der Waals surface area contributed by atoms with Crippen LogP contribution in [0.2, 0.25) is 10.0 Å². The van der Waals surface area contributed by atoms with Crippen molar-refractivity contribution < 1.29 is 36.3 Å². The van der Waals surface area contributed by atoms with Crippen LogP contribution < -0.4 is 0 Å². The number of rotatable bonds is 8. The molecule has 1 aliphatic heterocycles. The Bertz CT molecular complexity index is 1330. The number of carboxylic acids is 1. The molecule has 4 rings (SSSR count). The molecule has 206 valence electrons. The number of likely N-dealkylation sites (tertiary alicyclic amines) is 1. The van der Waals surface area contributed by atoms with Crippen LogP contribution in [0, 0.1) is 11.3 Å². The van der Waals surface area contributed by atoms with Crippen LogP contribution in [-0.2, 0) is 19.4 Å². The zero-order chi connectivity index (χ0) is 28.0. The Morgan fingerprint density at radius 1 is 1.11 bits per heavy atom. The third kappa shape index (κ3) is 5.82. The first-order chi connectivity index (χ1) is 17.6. The van der Waals surface area contributed by atoms with E-state index in [1.165, 1.54) is 11.8 Å². The molecular formula is C26H26Cl2F3NO5S. The van der Waals surface area contributed by atoms with Gasteiger partial charge in [-0.25, -0.2) is 8.42 Å². The highest BCUT2D eigenvalue weighted by Crippen LogP contribution is 2.54. The first kappa shape index (κ1) is 28.7. The van der Waals surface area contributed by atoms with Crippen molar-refractivity contribution in [3.05, 3.63) is 69.7 Å². The standard InChI is InChI=1S/C26H26Cl2F3NO5S/c1-25(13-22(33)34)12-20(17-3-2-4-19(28)11-17)23(16-7-9-18(27)10-8-16)32(24(25)35)21(15-5-6-15)14-38(36,37)26(29,30)31/h2-4,7-11,15,20-21,23H,5-6,12-14H2,1H3,(H,33,34)/t20-,21-,23-,25-/m1/s1. The smallest absolute Gasteiger partial charge is 0.481 e. The van der Waals surface area contributed by atoms with Crippen LogP contribution in [0.5, 0.6) is 0 Å². The van der Waals surface area contributed by atoms with Crippen LogP contribution in [-0.4, -0.2) is 47.6 Å². The van der Waals surface area contributed by atoms with Gasteiger partial charge in [-0.3, -0.25) is 9.59 Å². The van der Waals surface area contributed by atoms with Crippen LogP contribution >= 0.6 is 23.2 Å². The number of benzene rings is 2. The van der Waals surface area contributed by atoms with E-state index in [9.17, 15) is 36.3 Å². The fraction of sp³-hybridized carbons (Fsp3) is 0.462. The van der Waals surface area contributed by atoms with Gasteiger partial charge in [0.15, 0.2) is 0 Å². The molecule has 0 bridgehead atoms. The van der Waals surface area contributed by atoms with Gasteiger partial charge in [-0.2, -0.15) is 13.2 Å². The second-order valence-electron chi connectivity index (χ2n) is 10.3. The molecule has 6 nitrogen and oxygen atoms in total. The van der Waals surface area contributed by atoms with E-state index in [1.807, 2.05) is 0 Å². The van der Waals surface area contributed by atoms with Crippen LogP contribution in [0.1, 0.15) is 55.7 Å². The van der Waals surface area contributed by atoms with E-state index in [-0.39, 0.29) is 6.42 Å². The summed E-state index contributed by atoms with van der Waals surface area (Å²) in [6.07, 6.45) is 0.390. The number of alkyl halides is 3. The number of sulfone groups is 1. The van der Waals surface area contributed by atoms with Gasteiger partial charge in [0.25, 0.3) is 0 Å². The molecule has 4 atom stereocenters. The third-order valence-electron chi connectivity index (χ3n) is 7.40. The maximum Gasteiger partial charge on any atom is 0.497 e. The number of carbonyl (C=O) groups is 2. The molecule has 1 heterocycles. The van der Waals surface area contributed by atoms with Crippen LogP contribution in [0.4, 0.5) is 13.2 Å². The predicted molar refractivity (Wildman–Crippen MR) is 137 cm³/mol. The Hall–Kier alpha value is -2.30. The molecule has 0 unspecified atom stereocenters. The van der Waals surface area contributed by atoms with E-state index < -0.39 is 68.7 Å². The molecule has 1 amide bonds. The van der Waals surface area contributed by atoms with Gasteiger partial charge in [0.2, 0.25) is 15.7 Å². The minimum absolute atomic E-state index is 0.0612. The van der Waals surface area contributed by atoms with Gasteiger partial charge < -0.3 is 10.0 Å². The lowest BCUT2D eigenvalue weighted by molar-refractivity contribution is -0.160. The minimum Gasteiger partial charge on any atom is -0.481 e. The molecule has 0 spiro atoms. The number of halogens is 5. The summed E-state index contributed by atoms with van der Waals surface area (Å²) in [5.41, 5.74) is -5.80. The number of carboxylic acid groups (broad SMARTS) is 1. The topological polar surface area (TPSA) is 91.8 Å². The molecule has 2 aromatic rings. The number of hydrogen-bond acceptors (Lipinski definition) is 4. The molecule has 38 heavy (non-hydrogen) atoms. The molecule has 2 fully saturated rings. The zero-order valence-electron chi connectivity index (χ0n) is 20.3. The quantitative estimate of drug-likeness (QED) is 0.392. The van der Waals surface area contributed by atoms with Crippen molar-refractivity contribution in [3.63, 3.8) is 0 Å². The first-order valence-corrected chi connectivity index (χ1v) is 14.4. The van der Waals surface area contributed by atoms with Crippen molar-refractivity contribution in [2.45, 2.75) is 56.1 Å². The fourth-order valence-electron chi connectivity index (χ4n) is 5.49. The van der Waals surface area contributed by atoms with E-state index in [2.05, 4.69) is 0 Å². The number of aliphatic carboxylic acids is 1. The van der Waals surface area contributed by atoms with Crippen molar-refractivity contribution in [3.8, 4) is 0 Å². The van der Waals surface area contributed by atoms with Gasteiger partial charge in [-0.05, 0) is 60.6 Å². The molecule has 0 aromatic heterocycles. The lowest BCUT2D eigenvalue weighted by atomic mass is 9.67. The highest BCUT2D eigenvalue weighted by Gasteiger charge is 2.57. The highest BCUT2D eigenvalue weighted by molar-refractivity contribution is 7.92. The van der Waals surface area contributed by atoms with Gasteiger partial charge in [0.1, 0.15) is 0 Å². The fourth-order valence-corrected chi connectivity index (χ4v) is 6.88. The summed E-state index contributed by atoms with van der Waals surface area (Å²) in [6.45, 7) is 1.47. The Morgan fingerprint density at radius 3 is 2.26 bits per heavy atom.